The van der Waals surface area contributed by atoms with Crippen LogP contribution in [0.1, 0.15) is 36.5 Å². The van der Waals surface area contributed by atoms with Crippen molar-refractivity contribution in [3.63, 3.8) is 0 Å². The number of aromatic amines is 1. The fraction of sp³-hybridized carbons (Fsp3) is 0.294. The van der Waals surface area contributed by atoms with Crippen LogP contribution in [0.4, 0.5) is 0 Å². The molecule has 0 aliphatic carbocycles. The van der Waals surface area contributed by atoms with Gasteiger partial charge in [-0.05, 0) is 37.1 Å². The lowest BCUT2D eigenvalue weighted by molar-refractivity contribution is -0.128. The number of ether oxygens (including phenoxy) is 1. The van der Waals surface area contributed by atoms with E-state index in [1.807, 2.05) is 44.4 Å². The monoisotopic (exact) mass is 297 g/mol. The van der Waals surface area contributed by atoms with E-state index >= 15 is 0 Å². The Hall–Kier alpha value is -2.56. The zero-order chi connectivity index (χ0) is 15.7. The minimum absolute atomic E-state index is 0.0731. The van der Waals surface area contributed by atoms with Crippen molar-refractivity contribution in [2.45, 2.75) is 19.8 Å². The van der Waals surface area contributed by atoms with E-state index in [1.165, 1.54) is 0 Å². The fourth-order valence-corrected chi connectivity index (χ4v) is 2.80. The summed E-state index contributed by atoms with van der Waals surface area (Å²) in [6, 6.07) is 5.90. The van der Waals surface area contributed by atoms with Gasteiger partial charge in [-0.2, -0.15) is 5.10 Å². The fourth-order valence-electron chi connectivity index (χ4n) is 2.80. The summed E-state index contributed by atoms with van der Waals surface area (Å²) < 4.78 is 5.62. The summed E-state index contributed by atoms with van der Waals surface area (Å²) in [5.74, 6) is 0.681. The lowest BCUT2D eigenvalue weighted by atomic mass is 9.90. The topological polar surface area (TPSA) is 58.2 Å². The quantitative estimate of drug-likeness (QED) is 0.947. The lowest BCUT2D eigenvalue weighted by Crippen LogP contribution is -2.24. The second-order valence-corrected chi connectivity index (χ2v) is 5.38. The molecular formula is C17H19N3O2. The van der Waals surface area contributed by atoms with Crippen LogP contribution in [0.15, 0.2) is 36.8 Å². The molecule has 1 aliphatic heterocycles. The van der Waals surface area contributed by atoms with Crippen molar-refractivity contribution in [2.24, 2.45) is 0 Å². The first-order valence-corrected chi connectivity index (χ1v) is 7.36. The Balaban J connectivity index is 2.21. The largest absolute Gasteiger partial charge is 0.494 e. The second kappa shape index (κ2) is 5.67. The molecule has 1 aliphatic rings. The highest BCUT2D eigenvalue weighted by atomic mass is 16.5. The van der Waals surface area contributed by atoms with Gasteiger partial charge >= 0.3 is 0 Å². The van der Waals surface area contributed by atoms with Crippen LogP contribution in [0.2, 0.25) is 0 Å². The van der Waals surface area contributed by atoms with Gasteiger partial charge in [0.15, 0.2) is 0 Å². The Kier molecular flexibility index (Phi) is 3.71. The van der Waals surface area contributed by atoms with E-state index in [2.05, 4.69) is 10.2 Å². The Labute approximate surface area is 129 Å². The van der Waals surface area contributed by atoms with Gasteiger partial charge < -0.3 is 9.64 Å². The maximum atomic E-state index is 12.5. The molecule has 114 valence electrons. The van der Waals surface area contributed by atoms with Gasteiger partial charge in [-0.1, -0.05) is 6.07 Å². The molecule has 1 amide bonds. The summed E-state index contributed by atoms with van der Waals surface area (Å²) in [7, 11) is 1.79. The predicted molar refractivity (Wildman–Crippen MR) is 84.5 cm³/mol. The number of nitrogens with zero attached hydrogens (tertiary/aromatic N) is 2. The standard InChI is InChI=1S/C17H19N3O2/c1-4-22-13-5-6-14-11(2)17(21)20(3)10-16(15(14)7-13)12-8-18-19-9-12/h5-11H,4H2,1-3H3,(H,18,19)/t11-/m1/s1. The molecule has 22 heavy (non-hydrogen) atoms. The number of carbonyl (C=O) groups is 1. The van der Waals surface area contributed by atoms with E-state index in [0.29, 0.717) is 6.61 Å². The first-order chi connectivity index (χ1) is 10.6. The molecule has 0 radical (unpaired) electrons. The third kappa shape index (κ3) is 2.39. The SMILES string of the molecule is CCOc1ccc2c(c1)C(c1cn[nH]c1)=CN(C)C(=O)[C@@H]2C. The number of nitrogens with one attached hydrogen (secondary N) is 1. The summed E-state index contributed by atoms with van der Waals surface area (Å²) >= 11 is 0. The first-order valence-electron chi connectivity index (χ1n) is 7.36. The van der Waals surface area contributed by atoms with Crippen molar-refractivity contribution in [2.75, 3.05) is 13.7 Å². The van der Waals surface area contributed by atoms with Gasteiger partial charge in [0.05, 0.1) is 18.7 Å². The molecule has 5 nitrogen and oxygen atoms in total. The van der Waals surface area contributed by atoms with Crippen molar-refractivity contribution >= 4 is 11.5 Å². The number of hydrogen-bond acceptors (Lipinski definition) is 3. The van der Waals surface area contributed by atoms with Crippen LogP contribution in [-0.4, -0.2) is 34.7 Å². The molecule has 1 N–H and O–H groups in total. The van der Waals surface area contributed by atoms with Crippen LogP contribution in [-0.2, 0) is 4.79 Å². The van der Waals surface area contributed by atoms with Gasteiger partial charge in [-0.15, -0.1) is 0 Å². The van der Waals surface area contributed by atoms with Gasteiger partial charge in [0, 0.05) is 30.6 Å². The highest BCUT2D eigenvalue weighted by molar-refractivity contribution is 5.93. The lowest BCUT2D eigenvalue weighted by Gasteiger charge is -2.16. The minimum Gasteiger partial charge on any atom is -0.494 e. The molecule has 0 unspecified atom stereocenters. The van der Waals surface area contributed by atoms with Gasteiger partial charge in [0.1, 0.15) is 5.75 Å². The molecule has 0 bridgehead atoms. The van der Waals surface area contributed by atoms with Crippen LogP contribution in [0.5, 0.6) is 5.75 Å². The zero-order valence-corrected chi connectivity index (χ0v) is 13.0. The molecule has 0 fully saturated rings. The molecule has 1 atom stereocenters. The molecule has 0 saturated carbocycles. The van der Waals surface area contributed by atoms with Crippen LogP contribution < -0.4 is 4.74 Å². The average molecular weight is 297 g/mol. The van der Waals surface area contributed by atoms with Gasteiger partial charge in [0.25, 0.3) is 0 Å². The maximum Gasteiger partial charge on any atom is 0.233 e. The highest BCUT2D eigenvalue weighted by Gasteiger charge is 2.27. The van der Waals surface area contributed by atoms with E-state index < -0.39 is 0 Å². The number of aromatic nitrogens is 2. The molecule has 3 rings (SSSR count). The number of H-pyrrole nitrogens is 1. The van der Waals surface area contributed by atoms with Gasteiger partial charge in [-0.25, -0.2) is 0 Å². The number of carbonyl (C=O) groups excluding carboxylic acids is 1. The minimum atomic E-state index is -0.198. The molecule has 0 saturated heterocycles. The smallest absolute Gasteiger partial charge is 0.233 e. The molecule has 2 heterocycles. The van der Waals surface area contributed by atoms with Crippen molar-refractivity contribution in [3.05, 3.63) is 53.5 Å². The van der Waals surface area contributed by atoms with Crippen LogP contribution in [0.3, 0.4) is 0 Å². The maximum absolute atomic E-state index is 12.5. The Morgan fingerprint density at radius 3 is 2.91 bits per heavy atom. The van der Waals surface area contributed by atoms with E-state index in [-0.39, 0.29) is 11.8 Å². The van der Waals surface area contributed by atoms with Crippen molar-refractivity contribution in [3.8, 4) is 5.75 Å². The third-order valence-electron chi connectivity index (χ3n) is 3.94. The van der Waals surface area contributed by atoms with Gasteiger partial charge in [-0.3, -0.25) is 9.89 Å². The number of benzene rings is 1. The van der Waals surface area contributed by atoms with E-state index in [9.17, 15) is 4.79 Å². The van der Waals surface area contributed by atoms with Crippen molar-refractivity contribution in [1.29, 1.82) is 0 Å². The highest BCUT2D eigenvalue weighted by Crippen LogP contribution is 2.36. The Morgan fingerprint density at radius 1 is 1.41 bits per heavy atom. The zero-order valence-electron chi connectivity index (χ0n) is 13.0. The molecule has 5 heteroatoms. The third-order valence-corrected chi connectivity index (χ3v) is 3.94. The Morgan fingerprint density at radius 2 is 2.23 bits per heavy atom. The Bertz CT molecular complexity index is 720. The average Bonchev–Trinajstić information content (AvgIpc) is 3.02. The van der Waals surface area contributed by atoms with Crippen LogP contribution in [0, 0.1) is 0 Å². The number of fused-ring (bicyclic) bond motifs is 1. The second-order valence-electron chi connectivity index (χ2n) is 5.38. The number of amides is 1. The number of hydrogen-bond donors (Lipinski definition) is 1. The van der Waals surface area contributed by atoms with Crippen molar-refractivity contribution in [1.82, 2.24) is 15.1 Å². The summed E-state index contributed by atoms with van der Waals surface area (Å²) in [6.45, 7) is 4.50. The molecule has 2 aromatic rings. The summed E-state index contributed by atoms with van der Waals surface area (Å²) in [4.78, 5) is 14.1. The molecular weight excluding hydrogens is 278 g/mol. The first kappa shape index (κ1) is 14.4. The van der Waals surface area contributed by atoms with E-state index in [0.717, 1.165) is 28.0 Å². The predicted octanol–water partition coefficient (Wildman–Crippen LogP) is 2.77. The molecule has 0 spiro atoms. The molecule has 1 aromatic heterocycles. The van der Waals surface area contributed by atoms with Crippen molar-refractivity contribution < 1.29 is 9.53 Å². The summed E-state index contributed by atoms with van der Waals surface area (Å²) in [5.41, 5.74) is 3.93. The summed E-state index contributed by atoms with van der Waals surface area (Å²) in [5, 5.41) is 6.85. The summed E-state index contributed by atoms with van der Waals surface area (Å²) in [6.07, 6.45) is 5.46. The van der Waals surface area contributed by atoms with Gasteiger partial charge in [0.2, 0.25) is 5.91 Å². The van der Waals surface area contributed by atoms with E-state index in [1.54, 1.807) is 18.1 Å². The van der Waals surface area contributed by atoms with E-state index in [4.69, 9.17) is 4.74 Å². The number of likely N-dealkylation sites (N-methyl/N-ethyl adjacent to an activating group) is 1. The normalized spacial score (nSPS) is 17.8. The van der Waals surface area contributed by atoms with Crippen LogP contribution in [0.25, 0.3) is 5.57 Å². The number of rotatable bonds is 3. The van der Waals surface area contributed by atoms with Crippen LogP contribution >= 0.6 is 0 Å². The molecule has 1 aromatic carbocycles.